The number of hydrogen-bond donors (Lipinski definition) is 0. The SMILES string of the molecule is CSc1ccccc1C(=O)N1CCC(Oc2cc(C(F)(F)F)ccn2)C1. The molecule has 1 atom stereocenters. The van der Waals surface area contributed by atoms with Crippen LogP contribution in [-0.4, -0.2) is 41.2 Å². The molecule has 1 fully saturated rings. The molecule has 0 saturated carbocycles. The molecule has 2 aromatic rings. The van der Waals surface area contributed by atoms with Gasteiger partial charge in [0.25, 0.3) is 5.91 Å². The Hall–Kier alpha value is -2.22. The number of alkyl halides is 3. The highest BCUT2D eigenvalue weighted by atomic mass is 32.2. The Morgan fingerprint density at radius 2 is 2.08 bits per heavy atom. The number of pyridine rings is 1. The van der Waals surface area contributed by atoms with Crippen molar-refractivity contribution >= 4 is 17.7 Å². The molecule has 1 unspecified atom stereocenters. The van der Waals surface area contributed by atoms with Crippen LogP contribution in [0.25, 0.3) is 0 Å². The number of carbonyl (C=O) groups is 1. The van der Waals surface area contributed by atoms with Crippen molar-refractivity contribution < 1.29 is 22.7 Å². The lowest BCUT2D eigenvalue weighted by Gasteiger charge is -2.18. The van der Waals surface area contributed by atoms with Crippen LogP contribution >= 0.6 is 11.8 Å². The first-order valence-corrected chi connectivity index (χ1v) is 9.23. The second-order valence-corrected chi connectivity index (χ2v) is 6.71. The van der Waals surface area contributed by atoms with Gasteiger partial charge in [-0.25, -0.2) is 4.98 Å². The van der Waals surface area contributed by atoms with Crippen molar-refractivity contribution in [3.63, 3.8) is 0 Å². The van der Waals surface area contributed by atoms with Crippen molar-refractivity contribution in [3.05, 3.63) is 53.7 Å². The average molecular weight is 382 g/mol. The predicted octanol–water partition coefficient (Wildman–Crippen LogP) is 4.12. The third-order valence-electron chi connectivity index (χ3n) is 4.12. The summed E-state index contributed by atoms with van der Waals surface area (Å²) in [5, 5.41) is 0. The van der Waals surface area contributed by atoms with Gasteiger partial charge in [-0.3, -0.25) is 4.79 Å². The minimum atomic E-state index is -4.44. The number of thioether (sulfide) groups is 1. The minimum Gasteiger partial charge on any atom is -0.472 e. The molecule has 26 heavy (non-hydrogen) atoms. The lowest BCUT2D eigenvalue weighted by atomic mass is 10.2. The summed E-state index contributed by atoms with van der Waals surface area (Å²) < 4.78 is 43.9. The van der Waals surface area contributed by atoms with Gasteiger partial charge in [0.2, 0.25) is 5.88 Å². The van der Waals surface area contributed by atoms with E-state index in [0.29, 0.717) is 25.1 Å². The van der Waals surface area contributed by atoms with E-state index in [2.05, 4.69) is 4.98 Å². The number of amides is 1. The largest absolute Gasteiger partial charge is 0.472 e. The Morgan fingerprint density at radius 1 is 1.31 bits per heavy atom. The van der Waals surface area contributed by atoms with Crippen LogP contribution in [0.1, 0.15) is 22.3 Å². The number of nitrogens with zero attached hydrogens (tertiary/aromatic N) is 2. The van der Waals surface area contributed by atoms with Crippen LogP contribution in [-0.2, 0) is 6.18 Å². The highest BCUT2D eigenvalue weighted by molar-refractivity contribution is 7.98. The molecule has 4 nitrogen and oxygen atoms in total. The summed E-state index contributed by atoms with van der Waals surface area (Å²) in [6, 6.07) is 9.12. The number of likely N-dealkylation sites (tertiary alicyclic amines) is 1. The summed E-state index contributed by atoms with van der Waals surface area (Å²) in [7, 11) is 0. The zero-order valence-corrected chi connectivity index (χ0v) is 14.8. The zero-order valence-electron chi connectivity index (χ0n) is 14.0. The quantitative estimate of drug-likeness (QED) is 0.747. The minimum absolute atomic E-state index is 0.0800. The van der Waals surface area contributed by atoms with Crippen LogP contribution in [0.2, 0.25) is 0 Å². The number of halogens is 3. The molecule has 0 N–H and O–H groups in total. The third kappa shape index (κ3) is 4.12. The van der Waals surface area contributed by atoms with Gasteiger partial charge in [0.05, 0.1) is 17.7 Å². The third-order valence-corrected chi connectivity index (χ3v) is 4.92. The maximum atomic E-state index is 12.8. The smallest absolute Gasteiger partial charge is 0.416 e. The second-order valence-electron chi connectivity index (χ2n) is 5.86. The van der Waals surface area contributed by atoms with Gasteiger partial charge in [-0.05, 0) is 24.5 Å². The molecule has 1 aromatic heterocycles. The molecule has 0 spiro atoms. The van der Waals surface area contributed by atoms with Gasteiger partial charge < -0.3 is 9.64 Å². The Bertz CT molecular complexity index is 798. The highest BCUT2D eigenvalue weighted by Gasteiger charge is 2.32. The zero-order chi connectivity index (χ0) is 18.7. The fraction of sp³-hybridized carbons (Fsp3) is 0.333. The van der Waals surface area contributed by atoms with Gasteiger partial charge in [0.1, 0.15) is 6.10 Å². The van der Waals surface area contributed by atoms with E-state index in [1.54, 1.807) is 11.0 Å². The fourth-order valence-electron chi connectivity index (χ4n) is 2.82. The molecule has 1 aliphatic rings. The van der Waals surface area contributed by atoms with Gasteiger partial charge in [-0.1, -0.05) is 12.1 Å². The molecule has 3 rings (SSSR count). The van der Waals surface area contributed by atoms with Crippen molar-refractivity contribution in [1.29, 1.82) is 0 Å². The normalized spacial score (nSPS) is 17.4. The van der Waals surface area contributed by atoms with E-state index in [9.17, 15) is 18.0 Å². The van der Waals surface area contributed by atoms with E-state index in [1.807, 2.05) is 24.5 Å². The Morgan fingerprint density at radius 3 is 2.81 bits per heavy atom. The van der Waals surface area contributed by atoms with E-state index < -0.39 is 11.7 Å². The first kappa shape index (κ1) is 18.6. The standard InChI is InChI=1S/C18H17F3N2O2S/c1-26-15-5-3-2-4-14(15)17(24)23-9-7-13(11-23)25-16-10-12(6-8-22-16)18(19,20)21/h2-6,8,10,13H,7,9,11H2,1H3. The first-order valence-electron chi connectivity index (χ1n) is 8.00. The van der Waals surface area contributed by atoms with Crippen LogP contribution in [0.5, 0.6) is 5.88 Å². The van der Waals surface area contributed by atoms with Crippen LogP contribution in [0.3, 0.4) is 0 Å². The van der Waals surface area contributed by atoms with Crippen LogP contribution in [0.4, 0.5) is 13.2 Å². The lowest BCUT2D eigenvalue weighted by molar-refractivity contribution is -0.137. The molecule has 2 heterocycles. The molecule has 8 heteroatoms. The molecule has 1 aromatic carbocycles. The van der Waals surface area contributed by atoms with E-state index in [4.69, 9.17) is 4.74 Å². The van der Waals surface area contributed by atoms with E-state index in [-0.39, 0.29) is 17.9 Å². The van der Waals surface area contributed by atoms with Gasteiger partial charge in [0, 0.05) is 30.1 Å². The summed E-state index contributed by atoms with van der Waals surface area (Å²) in [4.78, 5) is 19.1. The van der Waals surface area contributed by atoms with Gasteiger partial charge in [-0.15, -0.1) is 11.8 Å². The second kappa shape index (κ2) is 7.57. The number of hydrogen-bond acceptors (Lipinski definition) is 4. The predicted molar refractivity (Wildman–Crippen MR) is 92.4 cm³/mol. The van der Waals surface area contributed by atoms with E-state index >= 15 is 0 Å². The summed E-state index contributed by atoms with van der Waals surface area (Å²) >= 11 is 1.49. The Labute approximate surface area is 153 Å². The van der Waals surface area contributed by atoms with Crippen molar-refractivity contribution in [1.82, 2.24) is 9.88 Å². The van der Waals surface area contributed by atoms with Crippen LogP contribution < -0.4 is 4.74 Å². The molecule has 0 bridgehead atoms. The summed E-state index contributed by atoms with van der Waals surface area (Å²) in [6.07, 6.45) is -1.30. The maximum Gasteiger partial charge on any atom is 0.416 e. The number of carbonyl (C=O) groups excluding carboxylic acids is 1. The molecule has 138 valence electrons. The molecule has 1 aliphatic heterocycles. The number of aromatic nitrogens is 1. The van der Waals surface area contributed by atoms with Crippen molar-refractivity contribution in [2.75, 3.05) is 19.3 Å². The fourth-order valence-corrected chi connectivity index (χ4v) is 3.41. The van der Waals surface area contributed by atoms with Crippen molar-refractivity contribution in [2.45, 2.75) is 23.6 Å². The number of ether oxygens (including phenoxy) is 1. The molecule has 1 amide bonds. The Kier molecular flexibility index (Phi) is 5.41. The monoisotopic (exact) mass is 382 g/mol. The maximum absolute atomic E-state index is 12.8. The molecule has 0 aliphatic carbocycles. The lowest BCUT2D eigenvalue weighted by Crippen LogP contribution is -2.31. The van der Waals surface area contributed by atoms with E-state index in [0.717, 1.165) is 23.2 Å². The van der Waals surface area contributed by atoms with E-state index in [1.165, 1.54) is 11.8 Å². The molecular formula is C18H17F3N2O2S. The average Bonchev–Trinajstić information content (AvgIpc) is 3.09. The number of rotatable bonds is 4. The Balaban J connectivity index is 1.67. The number of benzene rings is 1. The highest BCUT2D eigenvalue weighted by Crippen LogP contribution is 2.31. The van der Waals surface area contributed by atoms with Crippen LogP contribution in [0, 0.1) is 0 Å². The summed E-state index contributed by atoms with van der Waals surface area (Å²) in [5.74, 6) is -0.179. The van der Waals surface area contributed by atoms with Crippen molar-refractivity contribution in [3.8, 4) is 5.88 Å². The van der Waals surface area contributed by atoms with Gasteiger partial charge in [0.15, 0.2) is 0 Å². The van der Waals surface area contributed by atoms with Gasteiger partial charge >= 0.3 is 6.18 Å². The molecular weight excluding hydrogens is 365 g/mol. The first-order chi connectivity index (χ1) is 12.4. The topological polar surface area (TPSA) is 42.4 Å². The van der Waals surface area contributed by atoms with Crippen LogP contribution in [0.15, 0.2) is 47.5 Å². The van der Waals surface area contributed by atoms with Gasteiger partial charge in [-0.2, -0.15) is 13.2 Å². The summed E-state index contributed by atoms with van der Waals surface area (Å²) in [5.41, 5.74) is -0.180. The van der Waals surface area contributed by atoms with Crippen molar-refractivity contribution in [2.24, 2.45) is 0 Å². The summed E-state index contributed by atoms with van der Waals surface area (Å²) in [6.45, 7) is 0.810. The molecule has 1 saturated heterocycles. The molecule has 0 radical (unpaired) electrons.